The minimum absolute atomic E-state index is 0.0332. The number of anilines is 1. The van der Waals surface area contributed by atoms with Crippen LogP contribution < -0.4 is 10.6 Å². The van der Waals surface area contributed by atoms with E-state index in [-0.39, 0.29) is 12.5 Å². The number of amides is 2. The number of hydrogen-bond acceptors (Lipinski definition) is 4. The van der Waals surface area contributed by atoms with Crippen LogP contribution in [0, 0.1) is 0 Å². The second-order valence-electron chi connectivity index (χ2n) is 8.53. The summed E-state index contributed by atoms with van der Waals surface area (Å²) in [6.07, 6.45) is 1.34. The second-order valence-corrected chi connectivity index (χ2v) is 8.53. The molecule has 0 aliphatic heterocycles. The number of carbonyl (C=O) groups excluding carboxylic acids is 2. The second kappa shape index (κ2) is 10.9. The van der Waals surface area contributed by atoms with Gasteiger partial charge in [0.1, 0.15) is 12.6 Å². The van der Waals surface area contributed by atoms with Gasteiger partial charge in [-0.05, 0) is 52.9 Å². The Morgan fingerprint density at radius 1 is 0.914 bits per heavy atom. The standard InChI is InChI=1S/C28H28N2O5/c1-2-3-12-25(27(32)33)30-26(31)18-13-15-19(16-14-18)29-28(34)35-17-24-22-10-6-4-8-20(22)21-9-5-7-11-23(21)24/h4-11,13-16,24-25H,2-3,12,17H2,1H3,(H,29,34)(H,30,31)(H,32,33). The highest BCUT2D eigenvalue weighted by Crippen LogP contribution is 2.44. The quantitative estimate of drug-likeness (QED) is 0.386. The Morgan fingerprint density at radius 2 is 1.51 bits per heavy atom. The third kappa shape index (κ3) is 5.51. The van der Waals surface area contributed by atoms with Crippen LogP contribution in [0.2, 0.25) is 0 Å². The van der Waals surface area contributed by atoms with Crippen molar-refractivity contribution >= 4 is 23.7 Å². The van der Waals surface area contributed by atoms with Crippen molar-refractivity contribution in [2.75, 3.05) is 11.9 Å². The molecule has 180 valence electrons. The minimum Gasteiger partial charge on any atom is -0.480 e. The zero-order valence-electron chi connectivity index (χ0n) is 19.5. The zero-order valence-corrected chi connectivity index (χ0v) is 19.5. The molecule has 3 N–H and O–H groups in total. The summed E-state index contributed by atoms with van der Waals surface area (Å²) in [6, 6.07) is 21.5. The number of carbonyl (C=O) groups is 3. The fourth-order valence-corrected chi connectivity index (χ4v) is 4.36. The van der Waals surface area contributed by atoms with E-state index < -0.39 is 24.0 Å². The average Bonchev–Trinajstić information content (AvgIpc) is 3.19. The van der Waals surface area contributed by atoms with Gasteiger partial charge in [0.2, 0.25) is 0 Å². The summed E-state index contributed by atoms with van der Waals surface area (Å²) in [5, 5.41) is 14.5. The summed E-state index contributed by atoms with van der Waals surface area (Å²) < 4.78 is 5.54. The van der Waals surface area contributed by atoms with Gasteiger partial charge in [0, 0.05) is 17.2 Å². The number of carboxylic acid groups (broad SMARTS) is 1. The summed E-state index contributed by atoms with van der Waals surface area (Å²) >= 11 is 0. The number of rotatable bonds is 9. The maximum absolute atomic E-state index is 12.5. The van der Waals surface area contributed by atoms with Crippen LogP contribution in [0.15, 0.2) is 72.8 Å². The summed E-state index contributed by atoms with van der Waals surface area (Å²) in [6.45, 7) is 2.16. The molecule has 2 amide bonds. The number of nitrogens with one attached hydrogen (secondary N) is 2. The van der Waals surface area contributed by atoms with Crippen molar-refractivity contribution in [1.29, 1.82) is 0 Å². The molecule has 1 atom stereocenters. The molecule has 0 heterocycles. The van der Waals surface area contributed by atoms with E-state index in [0.717, 1.165) is 28.7 Å². The molecule has 3 aromatic carbocycles. The van der Waals surface area contributed by atoms with Crippen molar-refractivity contribution in [3.8, 4) is 11.1 Å². The summed E-state index contributed by atoms with van der Waals surface area (Å²) in [7, 11) is 0. The molecule has 1 aliphatic rings. The molecule has 4 rings (SSSR count). The Kier molecular flexibility index (Phi) is 7.45. The van der Waals surface area contributed by atoms with E-state index in [4.69, 9.17) is 4.74 Å². The Bertz CT molecular complexity index is 1180. The molecule has 3 aromatic rings. The number of aliphatic carboxylic acids is 1. The molecule has 35 heavy (non-hydrogen) atoms. The lowest BCUT2D eigenvalue weighted by atomic mass is 9.98. The third-order valence-electron chi connectivity index (χ3n) is 6.19. The molecule has 0 spiro atoms. The van der Waals surface area contributed by atoms with Gasteiger partial charge in [0.15, 0.2) is 0 Å². The van der Waals surface area contributed by atoms with Crippen LogP contribution in [0.3, 0.4) is 0 Å². The lowest BCUT2D eigenvalue weighted by Gasteiger charge is -2.15. The molecule has 0 saturated carbocycles. The molecule has 7 heteroatoms. The highest BCUT2D eigenvalue weighted by molar-refractivity contribution is 5.97. The van der Waals surface area contributed by atoms with Gasteiger partial charge in [-0.25, -0.2) is 9.59 Å². The van der Waals surface area contributed by atoms with Gasteiger partial charge in [-0.1, -0.05) is 68.3 Å². The molecule has 0 fully saturated rings. The number of benzene rings is 3. The van der Waals surface area contributed by atoms with Gasteiger partial charge in [0.05, 0.1) is 0 Å². The molecule has 7 nitrogen and oxygen atoms in total. The van der Waals surface area contributed by atoms with Crippen LogP contribution in [-0.4, -0.2) is 35.7 Å². The van der Waals surface area contributed by atoms with Gasteiger partial charge >= 0.3 is 12.1 Å². The van der Waals surface area contributed by atoms with E-state index in [1.165, 1.54) is 12.1 Å². The van der Waals surface area contributed by atoms with Crippen molar-refractivity contribution in [3.05, 3.63) is 89.5 Å². The van der Waals surface area contributed by atoms with Crippen LogP contribution in [0.4, 0.5) is 10.5 Å². The monoisotopic (exact) mass is 472 g/mol. The van der Waals surface area contributed by atoms with Crippen molar-refractivity contribution < 1.29 is 24.2 Å². The Labute approximate surface area is 204 Å². The topological polar surface area (TPSA) is 105 Å². The van der Waals surface area contributed by atoms with Crippen LogP contribution in [-0.2, 0) is 9.53 Å². The smallest absolute Gasteiger partial charge is 0.411 e. The van der Waals surface area contributed by atoms with E-state index in [1.54, 1.807) is 12.1 Å². The van der Waals surface area contributed by atoms with E-state index >= 15 is 0 Å². The third-order valence-corrected chi connectivity index (χ3v) is 6.19. The number of fused-ring (bicyclic) bond motifs is 3. The van der Waals surface area contributed by atoms with Crippen molar-refractivity contribution in [1.82, 2.24) is 5.32 Å². The Morgan fingerprint density at radius 3 is 2.09 bits per heavy atom. The summed E-state index contributed by atoms with van der Waals surface area (Å²) in [4.78, 5) is 36.2. The first kappa shape index (κ1) is 24.0. The van der Waals surface area contributed by atoms with E-state index in [9.17, 15) is 19.5 Å². The van der Waals surface area contributed by atoms with Crippen LogP contribution >= 0.6 is 0 Å². The Balaban J connectivity index is 1.34. The van der Waals surface area contributed by atoms with Gasteiger partial charge in [-0.2, -0.15) is 0 Å². The minimum atomic E-state index is -1.06. The maximum Gasteiger partial charge on any atom is 0.411 e. The van der Waals surface area contributed by atoms with Crippen LogP contribution in [0.25, 0.3) is 11.1 Å². The molecular formula is C28H28N2O5. The first-order valence-corrected chi connectivity index (χ1v) is 11.7. The SMILES string of the molecule is CCCCC(NC(=O)c1ccc(NC(=O)OCC2c3ccccc3-c3ccccc32)cc1)C(=O)O. The fourth-order valence-electron chi connectivity index (χ4n) is 4.36. The van der Waals surface area contributed by atoms with Gasteiger partial charge in [-0.15, -0.1) is 0 Å². The van der Waals surface area contributed by atoms with E-state index in [1.807, 2.05) is 31.2 Å². The van der Waals surface area contributed by atoms with Gasteiger partial charge in [-0.3, -0.25) is 10.1 Å². The zero-order chi connectivity index (χ0) is 24.8. The maximum atomic E-state index is 12.5. The van der Waals surface area contributed by atoms with E-state index in [0.29, 0.717) is 24.1 Å². The number of carboxylic acids is 1. The molecule has 1 unspecified atom stereocenters. The molecule has 0 aromatic heterocycles. The number of ether oxygens (including phenoxy) is 1. The molecule has 0 saturated heterocycles. The van der Waals surface area contributed by atoms with Gasteiger partial charge in [0.25, 0.3) is 5.91 Å². The van der Waals surface area contributed by atoms with E-state index in [2.05, 4.69) is 34.9 Å². The predicted molar refractivity (Wildman–Crippen MR) is 134 cm³/mol. The van der Waals surface area contributed by atoms with Crippen molar-refractivity contribution in [3.63, 3.8) is 0 Å². The first-order valence-electron chi connectivity index (χ1n) is 11.7. The molecule has 0 radical (unpaired) electrons. The van der Waals surface area contributed by atoms with Gasteiger partial charge < -0.3 is 15.2 Å². The molecular weight excluding hydrogens is 444 g/mol. The average molecular weight is 473 g/mol. The van der Waals surface area contributed by atoms with Crippen molar-refractivity contribution in [2.45, 2.75) is 38.1 Å². The fraction of sp³-hybridized carbons (Fsp3) is 0.250. The van der Waals surface area contributed by atoms with Crippen LogP contribution in [0.1, 0.15) is 53.6 Å². The predicted octanol–water partition coefficient (Wildman–Crippen LogP) is 5.42. The summed E-state index contributed by atoms with van der Waals surface area (Å²) in [5.74, 6) is -1.56. The Hall–Kier alpha value is -4.13. The lowest BCUT2D eigenvalue weighted by Crippen LogP contribution is -2.40. The highest BCUT2D eigenvalue weighted by Gasteiger charge is 2.29. The number of hydrogen-bond donors (Lipinski definition) is 3. The van der Waals surface area contributed by atoms with Crippen molar-refractivity contribution in [2.24, 2.45) is 0 Å². The summed E-state index contributed by atoms with van der Waals surface area (Å²) in [5.41, 5.74) is 5.37. The molecule has 0 bridgehead atoms. The van der Waals surface area contributed by atoms with Crippen LogP contribution in [0.5, 0.6) is 0 Å². The lowest BCUT2D eigenvalue weighted by molar-refractivity contribution is -0.139. The first-order chi connectivity index (χ1) is 17.0. The largest absolute Gasteiger partial charge is 0.480 e. The number of unbranched alkanes of at least 4 members (excludes halogenated alkanes) is 1. The normalized spacial score (nSPS) is 12.8. The molecule has 1 aliphatic carbocycles. The highest BCUT2D eigenvalue weighted by atomic mass is 16.5.